The van der Waals surface area contributed by atoms with Gasteiger partial charge in [-0.3, -0.25) is 0 Å². The zero-order chi connectivity index (χ0) is 10.5. The first-order chi connectivity index (χ1) is 7.36. The van der Waals surface area contributed by atoms with Crippen molar-refractivity contribution in [3.8, 4) is 0 Å². The molecule has 1 fully saturated rings. The molecule has 4 nitrogen and oxygen atoms in total. The maximum Gasteiger partial charge on any atom is 0.122 e. The fourth-order valence-corrected chi connectivity index (χ4v) is 1.92. The molecule has 0 amide bonds. The molecule has 1 saturated heterocycles. The molecule has 4 heteroatoms. The zero-order valence-corrected chi connectivity index (χ0v) is 9.20. The molecule has 2 N–H and O–H groups in total. The second-order valence-corrected chi connectivity index (χ2v) is 4.19. The molecule has 0 radical (unpaired) electrons. The molecule has 15 heavy (non-hydrogen) atoms. The van der Waals surface area contributed by atoms with Gasteiger partial charge in [-0.1, -0.05) is 0 Å². The van der Waals surface area contributed by atoms with Gasteiger partial charge < -0.3 is 15.0 Å². The summed E-state index contributed by atoms with van der Waals surface area (Å²) in [6, 6.07) is 0.293. The molecule has 1 aliphatic heterocycles. The predicted molar refractivity (Wildman–Crippen MR) is 58.5 cm³/mol. The van der Waals surface area contributed by atoms with Crippen LogP contribution in [0.15, 0.2) is 12.4 Å². The van der Waals surface area contributed by atoms with Crippen molar-refractivity contribution in [2.45, 2.75) is 25.8 Å². The summed E-state index contributed by atoms with van der Waals surface area (Å²) < 4.78 is 5.44. The van der Waals surface area contributed by atoms with Crippen LogP contribution >= 0.6 is 0 Å². The van der Waals surface area contributed by atoms with E-state index in [0.29, 0.717) is 12.0 Å². The molecule has 0 saturated carbocycles. The van der Waals surface area contributed by atoms with Gasteiger partial charge in [-0.25, -0.2) is 4.98 Å². The summed E-state index contributed by atoms with van der Waals surface area (Å²) in [6.45, 7) is 4.98. The third-order valence-electron chi connectivity index (χ3n) is 2.90. The summed E-state index contributed by atoms with van der Waals surface area (Å²) in [5, 5.41) is 3.48. The highest BCUT2D eigenvalue weighted by atomic mass is 16.5. The van der Waals surface area contributed by atoms with Gasteiger partial charge in [-0.2, -0.15) is 0 Å². The highest BCUT2D eigenvalue weighted by Gasteiger charge is 2.15. The normalized spacial score (nSPS) is 23.9. The van der Waals surface area contributed by atoms with E-state index in [1.807, 2.05) is 6.20 Å². The van der Waals surface area contributed by atoms with Crippen molar-refractivity contribution in [3.63, 3.8) is 0 Å². The Labute approximate surface area is 90.4 Å². The Morgan fingerprint density at radius 1 is 1.73 bits per heavy atom. The number of rotatable bonds is 4. The molecule has 0 aliphatic carbocycles. The number of hydrogen-bond acceptors (Lipinski definition) is 3. The van der Waals surface area contributed by atoms with Crippen molar-refractivity contribution < 1.29 is 4.74 Å². The minimum Gasteiger partial charge on any atom is -0.381 e. The minimum absolute atomic E-state index is 0.293. The first-order valence-corrected chi connectivity index (χ1v) is 5.66. The molecule has 0 aromatic carbocycles. The van der Waals surface area contributed by atoms with E-state index in [9.17, 15) is 0 Å². The molecule has 1 aromatic heterocycles. The van der Waals surface area contributed by atoms with Crippen LogP contribution in [0.2, 0.25) is 0 Å². The number of hydrogen-bond donors (Lipinski definition) is 2. The van der Waals surface area contributed by atoms with E-state index in [2.05, 4.69) is 22.2 Å². The van der Waals surface area contributed by atoms with Crippen molar-refractivity contribution in [3.05, 3.63) is 18.2 Å². The minimum atomic E-state index is 0.293. The Morgan fingerprint density at radius 2 is 2.67 bits per heavy atom. The molecule has 2 heterocycles. The largest absolute Gasteiger partial charge is 0.381 e. The summed E-state index contributed by atoms with van der Waals surface area (Å²) >= 11 is 0. The van der Waals surface area contributed by atoms with E-state index in [4.69, 9.17) is 4.74 Å². The van der Waals surface area contributed by atoms with Crippen LogP contribution in [0.3, 0.4) is 0 Å². The average molecular weight is 209 g/mol. The fraction of sp³-hybridized carbons (Fsp3) is 0.727. The summed E-state index contributed by atoms with van der Waals surface area (Å²) in [4.78, 5) is 7.35. The lowest BCUT2D eigenvalue weighted by molar-refractivity contribution is 0.0539. The van der Waals surface area contributed by atoms with E-state index in [1.54, 1.807) is 6.20 Å². The summed E-state index contributed by atoms with van der Waals surface area (Å²) in [6.07, 6.45) is 6.12. The summed E-state index contributed by atoms with van der Waals surface area (Å²) in [5.74, 6) is 1.67. The Bertz CT molecular complexity index is 267. The monoisotopic (exact) mass is 209 g/mol. The van der Waals surface area contributed by atoms with Crippen LogP contribution in [-0.2, 0) is 4.74 Å². The summed E-state index contributed by atoms with van der Waals surface area (Å²) in [7, 11) is 0. The van der Waals surface area contributed by atoms with Gasteiger partial charge in [0, 0.05) is 25.5 Å². The van der Waals surface area contributed by atoms with E-state index in [-0.39, 0.29) is 0 Å². The van der Waals surface area contributed by atoms with E-state index in [1.165, 1.54) is 12.8 Å². The van der Waals surface area contributed by atoms with Gasteiger partial charge in [0.1, 0.15) is 5.82 Å². The zero-order valence-electron chi connectivity index (χ0n) is 9.20. The number of aromatic nitrogens is 2. The first-order valence-electron chi connectivity index (χ1n) is 5.66. The van der Waals surface area contributed by atoms with Gasteiger partial charge in [0.05, 0.1) is 12.6 Å². The third-order valence-corrected chi connectivity index (χ3v) is 2.90. The number of imidazole rings is 1. The molecule has 1 aromatic rings. The van der Waals surface area contributed by atoms with Crippen molar-refractivity contribution in [2.75, 3.05) is 19.8 Å². The predicted octanol–water partition coefficient (Wildman–Crippen LogP) is 1.49. The average Bonchev–Trinajstić information content (AvgIpc) is 2.81. The van der Waals surface area contributed by atoms with E-state index < -0.39 is 0 Å². The molecule has 2 atom stereocenters. The Morgan fingerprint density at radius 3 is 3.33 bits per heavy atom. The summed E-state index contributed by atoms with van der Waals surface area (Å²) in [5.41, 5.74) is 0. The van der Waals surface area contributed by atoms with Gasteiger partial charge >= 0.3 is 0 Å². The maximum absolute atomic E-state index is 5.44. The van der Waals surface area contributed by atoms with Crippen LogP contribution in [0, 0.1) is 5.92 Å². The molecule has 84 valence electrons. The number of nitrogens with one attached hydrogen (secondary N) is 2. The van der Waals surface area contributed by atoms with Gasteiger partial charge in [-0.05, 0) is 25.7 Å². The number of aromatic amines is 1. The number of H-pyrrole nitrogens is 1. The standard InChI is InChI=1S/C11H19N3O/c1-9(11-12-4-5-13-11)14-7-10-3-2-6-15-8-10/h4-5,9-10,14H,2-3,6-8H2,1H3,(H,12,13). The van der Waals surface area contributed by atoms with Crippen molar-refractivity contribution >= 4 is 0 Å². The molecule has 2 unspecified atom stereocenters. The van der Waals surface area contributed by atoms with Gasteiger partial charge in [-0.15, -0.1) is 0 Å². The molecule has 0 spiro atoms. The van der Waals surface area contributed by atoms with Crippen molar-refractivity contribution in [1.82, 2.24) is 15.3 Å². The van der Waals surface area contributed by atoms with Crippen molar-refractivity contribution in [2.24, 2.45) is 5.92 Å². The fourth-order valence-electron chi connectivity index (χ4n) is 1.92. The second kappa shape index (κ2) is 5.28. The smallest absolute Gasteiger partial charge is 0.122 e. The molecular formula is C11H19N3O. The Balaban J connectivity index is 1.73. The molecular weight excluding hydrogens is 190 g/mol. The van der Waals surface area contributed by atoms with E-state index >= 15 is 0 Å². The molecule has 1 aliphatic rings. The third kappa shape index (κ3) is 3.04. The molecule has 0 bridgehead atoms. The van der Waals surface area contributed by atoms with Gasteiger partial charge in [0.25, 0.3) is 0 Å². The lowest BCUT2D eigenvalue weighted by Gasteiger charge is -2.23. The lowest BCUT2D eigenvalue weighted by atomic mass is 10.0. The quantitative estimate of drug-likeness (QED) is 0.790. The SMILES string of the molecule is CC(NCC1CCCOC1)c1ncc[nH]1. The van der Waals surface area contributed by atoms with Crippen LogP contribution in [-0.4, -0.2) is 29.7 Å². The van der Waals surface area contributed by atoms with Crippen LogP contribution in [0.5, 0.6) is 0 Å². The highest BCUT2D eigenvalue weighted by Crippen LogP contribution is 2.14. The van der Waals surface area contributed by atoms with Crippen LogP contribution in [0.25, 0.3) is 0 Å². The number of ether oxygens (including phenoxy) is 1. The van der Waals surface area contributed by atoms with Gasteiger partial charge in [0.2, 0.25) is 0 Å². The Kier molecular flexibility index (Phi) is 3.75. The first kappa shape index (κ1) is 10.6. The topological polar surface area (TPSA) is 49.9 Å². The van der Waals surface area contributed by atoms with Crippen LogP contribution in [0.1, 0.15) is 31.6 Å². The number of nitrogens with zero attached hydrogens (tertiary/aromatic N) is 1. The van der Waals surface area contributed by atoms with Crippen LogP contribution < -0.4 is 5.32 Å². The van der Waals surface area contributed by atoms with Gasteiger partial charge in [0.15, 0.2) is 0 Å². The van der Waals surface area contributed by atoms with Crippen molar-refractivity contribution in [1.29, 1.82) is 0 Å². The van der Waals surface area contributed by atoms with Crippen LogP contribution in [0.4, 0.5) is 0 Å². The lowest BCUT2D eigenvalue weighted by Crippen LogP contribution is -2.31. The second-order valence-electron chi connectivity index (χ2n) is 4.19. The maximum atomic E-state index is 5.44. The molecule has 2 rings (SSSR count). The Hall–Kier alpha value is -0.870. The highest BCUT2D eigenvalue weighted by molar-refractivity contribution is 4.93. The van der Waals surface area contributed by atoms with E-state index in [0.717, 1.165) is 25.6 Å².